The molecule has 5 heteroatoms. The van der Waals surface area contributed by atoms with Gasteiger partial charge in [-0.2, -0.15) is 11.8 Å². The number of nitrogens with one attached hydrogen (secondary N) is 1. The zero-order valence-corrected chi connectivity index (χ0v) is 12.6. The van der Waals surface area contributed by atoms with Crippen LogP contribution in [0.4, 0.5) is 0 Å². The second kappa shape index (κ2) is 6.70. The Morgan fingerprint density at radius 1 is 1.25 bits per heavy atom. The average Bonchev–Trinajstić information content (AvgIpc) is 2.66. The first-order valence-corrected chi connectivity index (χ1v) is 8.18. The van der Waals surface area contributed by atoms with Crippen molar-refractivity contribution in [1.82, 2.24) is 5.32 Å². The van der Waals surface area contributed by atoms with Gasteiger partial charge in [0.15, 0.2) is 11.5 Å². The van der Waals surface area contributed by atoms with E-state index in [0.717, 1.165) is 50.1 Å². The molecule has 1 aromatic carbocycles. The van der Waals surface area contributed by atoms with Crippen LogP contribution in [0.5, 0.6) is 11.5 Å². The standard InChI is InChI=1S/C15H21NO3S/c1-16-13(10-20-12-8-17-9-12)11-3-4-14-15(7-11)19-6-2-5-18-14/h3-4,7,12-13,16H,2,5-6,8-10H2,1H3. The van der Waals surface area contributed by atoms with Crippen molar-refractivity contribution in [3.63, 3.8) is 0 Å². The minimum atomic E-state index is 0.331. The van der Waals surface area contributed by atoms with Gasteiger partial charge < -0.3 is 19.5 Å². The zero-order valence-electron chi connectivity index (χ0n) is 11.8. The van der Waals surface area contributed by atoms with Gasteiger partial charge in [-0.15, -0.1) is 0 Å². The molecule has 1 saturated heterocycles. The van der Waals surface area contributed by atoms with Crippen molar-refractivity contribution in [2.24, 2.45) is 0 Å². The van der Waals surface area contributed by atoms with Gasteiger partial charge in [0, 0.05) is 18.2 Å². The summed E-state index contributed by atoms with van der Waals surface area (Å²) in [6.07, 6.45) is 0.941. The molecule has 0 saturated carbocycles. The van der Waals surface area contributed by atoms with E-state index in [1.54, 1.807) is 0 Å². The molecule has 0 aromatic heterocycles. The molecule has 0 amide bonds. The third-order valence-electron chi connectivity index (χ3n) is 3.63. The van der Waals surface area contributed by atoms with E-state index < -0.39 is 0 Å². The highest BCUT2D eigenvalue weighted by molar-refractivity contribution is 8.00. The summed E-state index contributed by atoms with van der Waals surface area (Å²) in [5, 5.41) is 4.04. The van der Waals surface area contributed by atoms with Crippen LogP contribution in [0.3, 0.4) is 0 Å². The summed E-state index contributed by atoms with van der Waals surface area (Å²) in [7, 11) is 2.01. The number of hydrogen-bond acceptors (Lipinski definition) is 5. The van der Waals surface area contributed by atoms with Crippen molar-refractivity contribution in [2.75, 3.05) is 39.2 Å². The van der Waals surface area contributed by atoms with Gasteiger partial charge in [0.2, 0.25) is 0 Å². The molecule has 0 aliphatic carbocycles. The molecule has 2 aliphatic heterocycles. The summed E-state index contributed by atoms with van der Waals surface area (Å²) in [6, 6.07) is 6.60. The Bertz CT molecular complexity index is 451. The van der Waals surface area contributed by atoms with Gasteiger partial charge in [-0.25, -0.2) is 0 Å². The van der Waals surface area contributed by atoms with Gasteiger partial charge >= 0.3 is 0 Å². The first kappa shape index (κ1) is 14.0. The summed E-state index contributed by atoms with van der Waals surface area (Å²) in [5.41, 5.74) is 1.25. The van der Waals surface area contributed by atoms with Crippen molar-refractivity contribution in [2.45, 2.75) is 17.7 Å². The van der Waals surface area contributed by atoms with E-state index in [9.17, 15) is 0 Å². The molecule has 0 bridgehead atoms. The van der Waals surface area contributed by atoms with Crippen LogP contribution in [-0.2, 0) is 4.74 Å². The highest BCUT2D eigenvalue weighted by atomic mass is 32.2. The first-order chi connectivity index (χ1) is 9.86. The predicted molar refractivity (Wildman–Crippen MR) is 80.9 cm³/mol. The summed E-state index contributed by atoms with van der Waals surface area (Å²) < 4.78 is 16.7. The van der Waals surface area contributed by atoms with E-state index in [1.807, 2.05) is 24.9 Å². The van der Waals surface area contributed by atoms with Crippen LogP contribution in [0.15, 0.2) is 18.2 Å². The van der Waals surface area contributed by atoms with Crippen molar-refractivity contribution in [1.29, 1.82) is 0 Å². The fraction of sp³-hybridized carbons (Fsp3) is 0.600. The van der Waals surface area contributed by atoms with E-state index in [1.165, 1.54) is 5.56 Å². The third-order valence-corrected chi connectivity index (χ3v) is 4.90. The molecule has 4 nitrogen and oxygen atoms in total. The molecule has 2 heterocycles. The number of hydrogen-bond donors (Lipinski definition) is 1. The van der Waals surface area contributed by atoms with Crippen molar-refractivity contribution in [3.8, 4) is 11.5 Å². The minimum Gasteiger partial charge on any atom is -0.490 e. The van der Waals surface area contributed by atoms with Gasteiger partial charge in [0.1, 0.15) is 0 Å². The van der Waals surface area contributed by atoms with Crippen LogP contribution >= 0.6 is 11.8 Å². The fourth-order valence-corrected chi connectivity index (χ4v) is 3.49. The average molecular weight is 295 g/mol. The molecule has 1 fully saturated rings. The Kier molecular flexibility index (Phi) is 4.70. The highest BCUT2D eigenvalue weighted by Gasteiger charge is 2.21. The molecule has 1 aromatic rings. The quantitative estimate of drug-likeness (QED) is 0.902. The second-order valence-electron chi connectivity index (χ2n) is 5.09. The van der Waals surface area contributed by atoms with Crippen molar-refractivity contribution < 1.29 is 14.2 Å². The maximum atomic E-state index is 5.76. The Balaban J connectivity index is 1.68. The Hall–Kier alpha value is -0.910. The zero-order chi connectivity index (χ0) is 13.8. The van der Waals surface area contributed by atoms with E-state index in [4.69, 9.17) is 14.2 Å². The van der Waals surface area contributed by atoms with Gasteiger partial charge in [-0.05, 0) is 24.7 Å². The van der Waals surface area contributed by atoms with E-state index in [-0.39, 0.29) is 0 Å². The Morgan fingerprint density at radius 3 is 2.75 bits per heavy atom. The highest BCUT2D eigenvalue weighted by Crippen LogP contribution is 2.33. The lowest BCUT2D eigenvalue weighted by molar-refractivity contribution is 0.0455. The number of fused-ring (bicyclic) bond motifs is 1. The summed E-state index contributed by atoms with van der Waals surface area (Å²) in [6.45, 7) is 3.25. The van der Waals surface area contributed by atoms with Gasteiger partial charge in [-0.3, -0.25) is 0 Å². The minimum absolute atomic E-state index is 0.331. The lowest BCUT2D eigenvalue weighted by Crippen LogP contribution is -2.32. The lowest BCUT2D eigenvalue weighted by Gasteiger charge is -2.27. The molecule has 1 unspecified atom stereocenters. The van der Waals surface area contributed by atoms with E-state index in [0.29, 0.717) is 11.3 Å². The molecule has 3 rings (SSSR count). The summed E-state index contributed by atoms with van der Waals surface area (Å²) in [5.74, 6) is 2.78. The lowest BCUT2D eigenvalue weighted by atomic mass is 10.1. The Morgan fingerprint density at radius 2 is 2.05 bits per heavy atom. The monoisotopic (exact) mass is 295 g/mol. The second-order valence-corrected chi connectivity index (χ2v) is 6.42. The number of benzene rings is 1. The van der Waals surface area contributed by atoms with Gasteiger partial charge in [0.25, 0.3) is 0 Å². The molecule has 2 aliphatic rings. The van der Waals surface area contributed by atoms with Crippen molar-refractivity contribution >= 4 is 11.8 Å². The normalized spacial score (nSPS) is 20.1. The number of ether oxygens (including phenoxy) is 3. The van der Waals surface area contributed by atoms with E-state index in [2.05, 4.69) is 17.4 Å². The van der Waals surface area contributed by atoms with Crippen LogP contribution in [-0.4, -0.2) is 44.5 Å². The molecule has 0 radical (unpaired) electrons. The van der Waals surface area contributed by atoms with Crippen LogP contribution in [0.2, 0.25) is 0 Å². The molecule has 0 spiro atoms. The SMILES string of the molecule is CNC(CSC1COC1)c1ccc2c(c1)OCCCO2. The molecule has 110 valence electrons. The summed E-state index contributed by atoms with van der Waals surface area (Å²) in [4.78, 5) is 0. The number of rotatable bonds is 5. The maximum Gasteiger partial charge on any atom is 0.161 e. The third kappa shape index (κ3) is 3.22. The molecular formula is C15H21NO3S. The van der Waals surface area contributed by atoms with Gasteiger partial charge in [-0.1, -0.05) is 6.07 Å². The first-order valence-electron chi connectivity index (χ1n) is 7.13. The van der Waals surface area contributed by atoms with Crippen LogP contribution in [0.25, 0.3) is 0 Å². The van der Waals surface area contributed by atoms with Crippen LogP contribution in [0.1, 0.15) is 18.0 Å². The molecule has 20 heavy (non-hydrogen) atoms. The van der Waals surface area contributed by atoms with E-state index >= 15 is 0 Å². The fourth-order valence-electron chi connectivity index (χ4n) is 2.29. The topological polar surface area (TPSA) is 39.7 Å². The van der Waals surface area contributed by atoms with Crippen LogP contribution < -0.4 is 14.8 Å². The van der Waals surface area contributed by atoms with Crippen LogP contribution in [0, 0.1) is 0 Å². The van der Waals surface area contributed by atoms with Crippen molar-refractivity contribution in [3.05, 3.63) is 23.8 Å². The largest absolute Gasteiger partial charge is 0.490 e. The number of thioether (sulfide) groups is 1. The predicted octanol–water partition coefficient (Wildman–Crippen LogP) is 2.24. The smallest absolute Gasteiger partial charge is 0.161 e. The Labute approximate surface area is 124 Å². The molecular weight excluding hydrogens is 274 g/mol. The maximum absolute atomic E-state index is 5.76. The van der Waals surface area contributed by atoms with Gasteiger partial charge in [0.05, 0.1) is 31.7 Å². The molecule has 1 atom stereocenters. The summed E-state index contributed by atoms with van der Waals surface area (Å²) >= 11 is 1.97. The molecule has 1 N–H and O–H groups in total.